The number of pyridine rings is 1. The van der Waals surface area contributed by atoms with Crippen molar-refractivity contribution in [2.45, 2.75) is 6.54 Å². The maximum Gasteiger partial charge on any atom is 0.340 e. The van der Waals surface area contributed by atoms with Gasteiger partial charge >= 0.3 is 5.97 Å². The lowest BCUT2D eigenvalue weighted by Gasteiger charge is -2.13. The summed E-state index contributed by atoms with van der Waals surface area (Å²) in [6.07, 6.45) is 2.36. The van der Waals surface area contributed by atoms with Crippen LogP contribution in [0.25, 0.3) is 11.1 Å². The first-order chi connectivity index (χ1) is 18.3. The minimum Gasteiger partial charge on any atom is -0.465 e. The number of amides is 2. The van der Waals surface area contributed by atoms with Gasteiger partial charge in [-0.25, -0.2) is 13.6 Å². The maximum atomic E-state index is 14.3. The summed E-state index contributed by atoms with van der Waals surface area (Å²) in [6.45, 7) is 0.165. The molecule has 10 heteroatoms. The van der Waals surface area contributed by atoms with Crippen LogP contribution in [0.5, 0.6) is 0 Å². The van der Waals surface area contributed by atoms with Crippen LogP contribution in [-0.2, 0) is 11.3 Å². The fraction of sp³-hybridized carbons (Fsp3) is 0.0714. The van der Waals surface area contributed by atoms with Crippen molar-refractivity contribution in [3.8, 4) is 11.1 Å². The molecule has 0 atom stereocenters. The van der Waals surface area contributed by atoms with Crippen molar-refractivity contribution in [3.63, 3.8) is 0 Å². The van der Waals surface area contributed by atoms with Gasteiger partial charge in [0, 0.05) is 29.6 Å². The molecule has 0 spiro atoms. The lowest BCUT2D eigenvalue weighted by molar-refractivity contribution is 0.0595. The van der Waals surface area contributed by atoms with E-state index in [4.69, 9.17) is 5.73 Å². The third-order valence-corrected chi connectivity index (χ3v) is 5.68. The second-order valence-corrected chi connectivity index (χ2v) is 8.11. The Morgan fingerprint density at radius 3 is 2.37 bits per heavy atom. The van der Waals surface area contributed by atoms with E-state index in [9.17, 15) is 23.2 Å². The molecule has 4 aromatic rings. The SMILES string of the molecule is COC(=O)c1ccc(NC(=O)c2cccc(-c3cc(C(=O)Nc4ccncc4F)ccc3CN)c2)cc1F. The number of nitrogens with one attached hydrogen (secondary N) is 2. The molecule has 38 heavy (non-hydrogen) atoms. The molecule has 0 radical (unpaired) electrons. The molecule has 1 aromatic heterocycles. The fourth-order valence-corrected chi connectivity index (χ4v) is 3.74. The van der Waals surface area contributed by atoms with Crippen LogP contribution in [0.15, 0.2) is 79.1 Å². The Labute approximate surface area is 216 Å². The Morgan fingerprint density at radius 2 is 1.66 bits per heavy atom. The van der Waals surface area contributed by atoms with Gasteiger partial charge in [-0.3, -0.25) is 14.6 Å². The monoisotopic (exact) mass is 516 g/mol. The number of carbonyl (C=O) groups excluding carboxylic acids is 3. The van der Waals surface area contributed by atoms with Crippen molar-refractivity contribution in [2.75, 3.05) is 17.7 Å². The molecule has 3 aromatic carbocycles. The number of benzene rings is 3. The van der Waals surface area contributed by atoms with Crippen LogP contribution < -0.4 is 16.4 Å². The lowest BCUT2D eigenvalue weighted by Crippen LogP contribution is -2.14. The molecule has 0 aliphatic heterocycles. The van der Waals surface area contributed by atoms with Crippen LogP contribution in [-0.4, -0.2) is 29.9 Å². The van der Waals surface area contributed by atoms with E-state index < -0.39 is 29.4 Å². The molecule has 1 heterocycles. The highest BCUT2D eigenvalue weighted by atomic mass is 19.1. The van der Waals surface area contributed by atoms with E-state index in [2.05, 4.69) is 20.4 Å². The zero-order valence-electron chi connectivity index (χ0n) is 20.1. The molecule has 4 rings (SSSR count). The number of aromatic nitrogens is 1. The van der Waals surface area contributed by atoms with Crippen molar-refractivity contribution in [3.05, 3.63) is 113 Å². The van der Waals surface area contributed by atoms with E-state index >= 15 is 0 Å². The van der Waals surface area contributed by atoms with E-state index in [1.54, 1.807) is 42.5 Å². The van der Waals surface area contributed by atoms with Crippen LogP contribution in [0.4, 0.5) is 20.2 Å². The molecule has 0 fully saturated rings. The van der Waals surface area contributed by atoms with Crippen molar-refractivity contribution in [1.82, 2.24) is 4.98 Å². The summed E-state index contributed by atoms with van der Waals surface area (Å²) in [5.41, 5.74) is 8.24. The predicted octanol–water partition coefficient (Wildman–Crippen LogP) is 4.78. The summed E-state index contributed by atoms with van der Waals surface area (Å²) in [4.78, 5) is 40.9. The van der Waals surface area contributed by atoms with Crippen molar-refractivity contribution >= 4 is 29.2 Å². The van der Waals surface area contributed by atoms with Gasteiger partial charge < -0.3 is 21.1 Å². The van der Waals surface area contributed by atoms with Crippen molar-refractivity contribution in [2.24, 2.45) is 5.73 Å². The van der Waals surface area contributed by atoms with Gasteiger partial charge in [-0.05, 0) is 65.2 Å². The van der Waals surface area contributed by atoms with E-state index in [0.29, 0.717) is 11.1 Å². The highest BCUT2D eigenvalue weighted by Crippen LogP contribution is 2.27. The smallest absolute Gasteiger partial charge is 0.340 e. The summed E-state index contributed by atoms with van der Waals surface area (Å²) in [7, 11) is 1.14. The summed E-state index contributed by atoms with van der Waals surface area (Å²) >= 11 is 0. The van der Waals surface area contributed by atoms with Crippen LogP contribution in [0.1, 0.15) is 36.6 Å². The fourth-order valence-electron chi connectivity index (χ4n) is 3.74. The number of nitrogens with two attached hydrogens (primary N) is 1. The number of rotatable bonds is 7. The third kappa shape index (κ3) is 5.71. The number of nitrogens with zero attached hydrogens (tertiary/aromatic N) is 1. The Morgan fingerprint density at radius 1 is 0.895 bits per heavy atom. The highest BCUT2D eigenvalue weighted by molar-refractivity contribution is 6.06. The number of carbonyl (C=O) groups is 3. The standard InChI is InChI=1S/C28H22F2N4O4/c1-38-28(37)21-8-7-20(13-23(21)29)33-26(35)17-4-2-3-16(11-17)22-12-18(5-6-19(22)14-31)27(36)34-25-9-10-32-15-24(25)30/h2-13,15H,14,31H2,1H3,(H,33,35)(H,32,34,36). The number of hydrogen-bond donors (Lipinski definition) is 3. The quantitative estimate of drug-likeness (QED) is 0.304. The number of halogens is 2. The average Bonchev–Trinajstić information content (AvgIpc) is 2.93. The van der Waals surface area contributed by atoms with Gasteiger partial charge in [-0.1, -0.05) is 18.2 Å². The Balaban J connectivity index is 1.59. The van der Waals surface area contributed by atoms with E-state index in [0.717, 1.165) is 24.9 Å². The van der Waals surface area contributed by atoms with Gasteiger partial charge in [0.15, 0.2) is 5.82 Å². The van der Waals surface area contributed by atoms with Crippen LogP contribution in [0.3, 0.4) is 0 Å². The van der Waals surface area contributed by atoms with Gasteiger partial charge in [0.25, 0.3) is 11.8 Å². The Bertz CT molecular complexity index is 1540. The number of hydrogen-bond acceptors (Lipinski definition) is 6. The number of ether oxygens (including phenoxy) is 1. The minimum atomic E-state index is -0.835. The van der Waals surface area contributed by atoms with Gasteiger partial charge in [0.1, 0.15) is 5.82 Å². The largest absolute Gasteiger partial charge is 0.465 e. The summed E-state index contributed by atoms with van der Waals surface area (Å²) < 4.78 is 32.7. The minimum absolute atomic E-state index is 0.0100. The van der Waals surface area contributed by atoms with Crippen LogP contribution in [0, 0.1) is 11.6 Å². The molecule has 0 saturated heterocycles. The highest BCUT2D eigenvalue weighted by Gasteiger charge is 2.16. The first kappa shape index (κ1) is 26.1. The Hall–Kier alpha value is -4.96. The second kappa shape index (κ2) is 11.4. The third-order valence-electron chi connectivity index (χ3n) is 5.68. The van der Waals surface area contributed by atoms with Crippen molar-refractivity contribution < 1.29 is 27.9 Å². The van der Waals surface area contributed by atoms with Gasteiger partial charge in [-0.2, -0.15) is 0 Å². The maximum absolute atomic E-state index is 14.3. The van der Waals surface area contributed by atoms with Gasteiger partial charge in [-0.15, -0.1) is 0 Å². The molecule has 0 aliphatic rings. The van der Waals surface area contributed by atoms with E-state index in [1.807, 2.05) is 0 Å². The molecule has 0 unspecified atom stereocenters. The van der Waals surface area contributed by atoms with E-state index in [1.165, 1.54) is 24.4 Å². The summed E-state index contributed by atoms with van der Waals surface area (Å²) in [5.74, 6) is -3.39. The Kier molecular flexibility index (Phi) is 7.83. The van der Waals surface area contributed by atoms with Crippen molar-refractivity contribution in [1.29, 1.82) is 0 Å². The first-order valence-electron chi connectivity index (χ1n) is 11.3. The predicted molar refractivity (Wildman–Crippen MR) is 138 cm³/mol. The van der Waals surface area contributed by atoms with E-state index in [-0.39, 0.29) is 34.6 Å². The zero-order chi connectivity index (χ0) is 27.2. The number of anilines is 2. The summed E-state index contributed by atoms with van der Waals surface area (Å²) in [6, 6.07) is 16.4. The number of esters is 1. The van der Waals surface area contributed by atoms with Gasteiger partial charge in [0.05, 0.1) is 24.6 Å². The lowest BCUT2D eigenvalue weighted by atomic mass is 9.95. The molecular weight excluding hydrogens is 494 g/mol. The molecule has 0 aliphatic carbocycles. The molecule has 4 N–H and O–H groups in total. The van der Waals surface area contributed by atoms with Gasteiger partial charge in [0.2, 0.25) is 0 Å². The molecule has 192 valence electrons. The van der Waals surface area contributed by atoms with Crippen LogP contribution >= 0.6 is 0 Å². The average molecular weight is 517 g/mol. The molecular formula is C28H22F2N4O4. The number of methoxy groups -OCH3 is 1. The molecule has 2 amide bonds. The normalized spacial score (nSPS) is 10.5. The van der Waals surface area contributed by atoms with Crippen LogP contribution in [0.2, 0.25) is 0 Å². The topological polar surface area (TPSA) is 123 Å². The second-order valence-electron chi connectivity index (χ2n) is 8.11. The zero-order valence-corrected chi connectivity index (χ0v) is 20.1. The molecule has 0 bridgehead atoms. The molecule has 0 saturated carbocycles. The summed E-state index contributed by atoms with van der Waals surface area (Å²) in [5, 5.41) is 5.10. The first-order valence-corrected chi connectivity index (χ1v) is 11.3. The molecule has 8 nitrogen and oxygen atoms in total.